The van der Waals surface area contributed by atoms with Gasteiger partial charge >= 0.3 is 0 Å². The molecule has 0 heterocycles. The van der Waals surface area contributed by atoms with Gasteiger partial charge < -0.3 is 4.90 Å². The molecule has 2 heteroatoms. The number of carbonyl (C=O) groups is 1. The van der Waals surface area contributed by atoms with Gasteiger partial charge in [-0.1, -0.05) is 32.8 Å². The minimum Gasteiger partial charge on any atom is -0.308 e. The Morgan fingerprint density at radius 1 is 1.44 bits per heavy atom. The lowest BCUT2D eigenvalue weighted by atomic mass is 9.86. The molecule has 1 fully saturated rings. The lowest BCUT2D eigenvalue weighted by molar-refractivity contribution is -0.122. The fourth-order valence-electron chi connectivity index (χ4n) is 2.55. The van der Waals surface area contributed by atoms with E-state index in [4.69, 9.17) is 0 Å². The van der Waals surface area contributed by atoms with Crippen molar-refractivity contribution in [1.29, 1.82) is 0 Å². The van der Waals surface area contributed by atoms with E-state index in [1.807, 2.05) is 14.1 Å². The van der Waals surface area contributed by atoms with Crippen molar-refractivity contribution < 1.29 is 4.79 Å². The molecule has 0 aromatic carbocycles. The second-order valence-electron chi connectivity index (χ2n) is 5.50. The van der Waals surface area contributed by atoms with Gasteiger partial charge in [0.15, 0.2) is 5.78 Å². The van der Waals surface area contributed by atoms with Gasteiger partial charge in [0.05, 0.1) is 0 Å². The summed E-state index contributed by atoms with van der Waals surface area (Å²) < 4.78 is 0. The van der Waals surface area contributed by atoms with Crippen molar-refractivity contribution in [3.05, 3.63) is 11.6 Å². The Bertz CT molecular complexity index is 280. The van der Waals surface area contributed by atoms with Crippen LogP contribution in [-0.4, -0.2) is 31.3 Å². The molecule has 92 valence electrons. The highest BCUT2D eigenvalue weighted by Crippen LogP contribution is 2.38. The first-order valence-corrected chi connectivity index (χ1v) is 6.38. The second-order valence-corrected chi connectivity index (χ2v) is 5.50. The van der Waals surface area contributed by atoms with E-state index in [2.05, 4.69) is 24.8 Å². The van der Waals surface area contributed by atoms with Gasteiger partial charge in [0.2, 0.25) is 0 Å². The van der Waals surface area contributed by atoms with Crippen LogP contribution in [0.3, 0.4) is 0 Å². The first-order valence-electron chi connectivity index (χ1n) is 6.38. The molecular weight excluding hydrogens is 198 g/mol. The van der Waals surface area contributed by atoms with Crippen molar-refractivity contribution >= 4 is 5.78 Å². The Kier molecular flexibility index (Phi) is 4.72. The standard InChI is InChI=1S/C14H25NO/c1-5-6-7-8-12-9-10-14(2,13(12)16)11-15(3)4/h8H,5-7,9-11H2,1-4H3. The molecule has 16 heavy (non-hydrogen) atoms. The fraction of sp³-hybridized carbons (Fsp3) is 0.786. The molecule has 0 amide bonds. The molecule has 1 aliphatic rings. The van der Waals surface area contributed by atoms with E-state index in [1.165, 1.54) is 12.8 Å². The van der Waals surface area contributed by atoms with Gasteiger partial charge in [0, 0.05) is 12.0 Å². The number of unbranched alkanes of at least 4 members (excludes halogenated alkanes) is 2. The number of rotatable bonds is 5. The lowest BCUT2D eigenvalue weighted by Crippen LogP contribution is -2.34. The maximum absolute atomic E-state index is 12.3. The Morgan fingerprint density at radius 2 is 2.12 bits per heavy atom. The van der Waals surface area contributed by atoms with Crippen LogP contribution in [0, 0.1) is 5.41 Å². The number of Topliss-reactive ketones (excluding diaryl/α,β-unsaturated/α-hetero) is 1. The molecule has 0 aromatic rings. The molecule has 1 saturated carbocycles. The summed E-state index contributed by atoms with van der Waals surface area (Å²) in [5.41, 5.74) is 0.944. The molecule has 0 radical (unpaired) electrons. The summed E-state index contributed by atoms with van der Waals surface area (Å²) in [5, 5.41) is 0. The second kappa shape index (κ2) is 5.62. The van der Waals surface area contributed by atoms with Gasteiger partial charge in [-0.2, -0.15) is 0 Å². The Morgan fingerprint density at radius 3 is 2.69 bits per heavy atom. The highest BCUT2D eigenvalue weighted by molar-refractivity contribution is 6.02. The number of ketones is 1. The van der Waals surface area contributed by atoms with E-state index in [0.717, 1.165) is 31.4 Å². The van der Waals surface area contributed by atoms with Crippen LogP contribution in [0.2, 0.25) is 0 Å². The molecule has 0 spiro atoms. The number of carbonyl (C=O) groups excluding carboxylic acids is 1. The molecule has 1 atom stereocenters. The predicted octanol–water partition coefficient (Wildman–Crippen LogP) is 3.03. The molecule has 1 rings (SSSR count). The molecule has 0 saturated heterocycles. The summed E-state index contributed by atoms with van der Waals surface area (Å²) >= 11 is 0. The average molecular weight is 223 g/mol. The molecule has 2 nitrogen and oxygen atoms in total. The Hall–Kier alpha value is -0.630. The van der Waals surface area contributed by atoms with Crippen molar-refractivity contribution in [3.8, 4) is 0 Å². The van der Waals surface area contributed by atoms with Crippen molar-refractivity contribution in [2.45, 2.75) is 46.0 Å². The SMILES string of the molecule is CCCCC=C1CCC(C)(CN(C)C)C1=O. The molecule has 1 aliphatic carbocycles. The van der Waals surface area contributed by atoms with Gasteiger partial charge in [-0.3, -0.25) is 4.79 Å². The van der Waals surface area contributed by atoms with Gasteiger partial charge in [-0.15, -0.1) is 0 Å². The van der Waals surface area contributed by atoms with Crippen LogP contribution in [0.25, 0.3) is 0 Å². The topological polar surface area (TPSA) is 20.3 Å². The minimum absolute atomic E-state index is 0.137. The zero-order valence-electron chi connectivity index (χ0n) is 11.2. The van der Waals surface area contributed by atoms with Crippen LogP contribution in [0.1, 0.15) is 46.0 Å². The minimum atomic E-state index is -0.137. The normalized spacial score (nSPS) is 28.3. The fourth-order valence-corrected chi connectivity index (χ4v) is 2.55. The van der Waals surface area contributed by atoms with Gasteiger partial charge in [-0.25, -0.2) is 0 Å². The van der Waals surface area contributed by atoms with Crippen LogP contribution >= 0.6 is 0 Å². The molecule has 0 N–H and O–H groups in total. The first kappa shape index (κ1) is 13.4. The molecule has 0 aromatic heterocycles. The number of nitrogens with zero attached hydrogens (tertiary/aromatic N) is 1. The average Bonchev–Trinajstić information content (AvgIpc) is 2.45. The summed E-state index contributed by atoms with van der Waals surface area (Å²) in [6.45, 7) is 5.16. The summed E-state index contributed by atoms with van der Waals surface area (Å²) in [7, 11) is 4.08. The summed E-state index contributed by atoms with van der Waals surface area (Å²) in [6.07, 6.45) is 7.63. The predicted molar refractivity (Wildman–Crippen MR) is 68.5 cm³/mol. The highest BCUT2D eigenvalue weighted by atomic mass is 16.1. The van der Waals surface area contributed by atoms with Gasteiger partial charge in [0.25, 0.3) is 0 Å². The van der Waals surface area contributed by atoms with Crippen LogP contribution in [0.5, 0.6) is 0 Å². The van der Waals surface area contributed by atoms with E-state index in [1.54, 1.807) is 0 Å². The number of hydrogen-bond acceptors (Lipinski definition) is 2. The summed E-state index contributed by atoms with van der Waals surface area (Å²) in [5.74, 6) is 0.386. The highest BCUT2D eigenvalue weighted by Gasteiger charge is 2.40. The monoisotopic (exact) mass is 223 g/mol. The maximum Gasteiger partial charge on any atom is 0.165 e. The van der Waals surface area contributed by atoms with Crippen molar-refractivity contribution in [2.75, 3.05) is 20.6 Å². The zero-order chi connectivity index (χ0) is 12.2. The van der Waals surface area contributed by atoms with E-state index >= 15 is 0 Å². The summed E-state index contributed by atoms with van der Waals surface area (Å²) in [6, 6.07) is 0. The van der Waals surface area contributed by atoms with E-state index in [9.17, 15) is 4.79 Å². The maximum atomic E-state index is 12.3. The van der Waals surface area contributed by atoms with Crippen LogP contribution in [-0.2, 0) is 4.79 Å². The van der Waals surface area contributed by atoms with Gasteiger partial charge in [-0.05, 0) is 38.9 Å². The number of allylic oxidation sites excluding steroid dienone is 2. The lowest BCUT2D eigenvalue weighted by Gasteiger charge is -2.25. The van der Waals surface area contributed by atoms with E-state index in [0.29, 0.717) is 5.78 Å². The molecule has 0 aliphatic heterocycles. The third-order valence-electron chi connectivity index (χ3n) is 3.40. The van der Waals surface area contributed by atoms with Crippen molar-refractivity contribution in [3.63, 3.8) is 0 Å². The van der Waals surface area contributed by atoms with Crippen molar-refractivity contribution in [1.82, 2.24) is 4.90 Å². The Labute approximate surface area is 99.7 Å². The van der Waals surface area contributed by atoms with E-state index in [-0.39, 0.29) is 5.41 Å². The molecule has 0 bridgehead atoms. The van der Waals surface area contributed by atoms with Crippen molar-refractivity contribution in [2.24, 2.45) is 5.41 Å². The van der Waals surface area contributed by atoms with Crippen LogP contribution in [0.15, 0.2) is 11.6 Å². The Balaban J connectivity index is 2.62. The molecule has 1 unspecified atom stereocenters. The third kappa shape index (κ3) is 3.18. The first-order chi connectivity index (χ1) is 7.49. The number of hydrogen-bond donors (Lipinski definition) is 0. The summed E-state index contributed by atoms with van der Waals surface area (Å²) in [4.78, 5) is 14.4. The third-order valence-corrected chi connectivity index (χ3v) is 3.40. The molecular formula is C14H25NO. The smallest absolute Gasteiger partial charge is 0.165 e. The zero-order valence-corrected chi connectivity index (χ0v) is 11.2. The van der Waals surface area contributed by atoms with Gasteiger partial charge in [0.1, 0.15) is 0 Å². The van der Waals surface area contributed by atoms with Crippen LogP contribution in [0.4, 0.5) is 0 Å². The van der Waals surface area contributed by atoms with E-state index < -0.39 is 0 Å². The largest absolute Gasteiger partial charge is 0.308 e. The van der Waals surface area contributed by atoms with Crippen LogP contribution < -0.4 is 0 Å². The quantitative estimate of drug-likeness (QED) is 0.527.